The second kappa shape index (κ2) is 2.12. The van der Waals surface area contributed by atoms with Crippen LogP contribution in [0, 0.1) is 0 Å². The van der Waals surface area contributed by atoms with Crippen LogP contribution < -0.4 is 5.73 Å². The maximum absolute atomic E-state index is 10.4. The van der Waals surface area contributed by atoms with Crippen LogP contribution in [0.2, 0.25) is 0 Å². The monoisotopic (exact) mass is 179 g/mol. The van der Waals surface area contributed by atoms with E-state index >= 15 is 0 Å². The quantitative estimate of drug-likeness (QED) is 0.520. The summed E-state index contributed by atoms with van der Waals surface area (Å²) in [5, 5.41) is 0. The molecule has 2 N–H and O–H groups in total. The molecule has 0 radical (unpaired) electrons. The van der Waals surface area contributed by atoms with E-state index in [1.54, 1.807) is 0 Å². The molecule has 1 saturated heterocycles. The maximum atomic E-state index is 10.4. The van der Waals surface area contributed by atoms with Crippen LogP contribution in [-0.4, -0.2) is 14.3 Å². The maximum Gasteiger partial charge on any atom is 0.506 e. The highest BCUT2D eigenvalue weighted by molar-refractivity contribution is 7.83. The van der Waals surface area contributed by atoms with E-state index in [0.717, 1.165) is 0 Å². The number of hydrogen-bond acceptors (Lipinski definition) is 5. The Labute approximate surface area is 62.9 Å². The van der Waals surface area contributed by atoms with E-state index in [1.807, 2.05) is 0 Å². The number of carbonyl (C=O) groups excluding carboxylic acids is 1. The minimum atomic E-state index is -3.87. The zero-order valence-corrected chi connectivity index (χ0v) is 6.34. The highest BCUT2D eigenvalue weighted by atomic mass is 32.3. The standard InChI is InChI=1S/C4H5NO5S/c1-2(3(5)6)4-9-11(7,8)10-4/h1H3,(H2,5,6). The largest absolute Gasteiger partial charge is 0.506 e. The Morgan fingerprint density at radius 3 is 2.18 bits per heavy atom. The van der Waals surface area contributed by atoms with Crippen LogP contribution in [0.25, 0.3) is 0 Å². The number of nitrogens with two attached hydrogens (primary N) is 1. The highest BCUT2D eigenvalue weighted by Gasteiger charge is 2.35. The molecule has 0 saturated carbocycles. The van der Waals surface area contributed by atoms with Gasteiger partial charge in [0, 0.05) is 0 Å². The first-order valence-electron chi connectivity index (χ1n) is 2.57. The summed E-state index contributed by atoms with van der Waals surface area (Å²) in [5.41, 5.74) is 4.73. The number of carbonyl (C=O) groups is 1. The average Bonchev–Trinajstić information content (AvgIpc) is 1.80. The Bertz CT molecular complexity index is 312. The van der Waals surface area contributed by atoms with Crippen molar-refractivity contribution in [1.29, 1.82) is 0 Å². The minimum absolute atomic E-state index is 0.0557. The molecule has 11 heavy (non-hydrogen) atoms. The lowest BCUT2D eigenvalue weighted by atomic mass is 10.3. The van der Waals surface area contributed by atoms with Gasteiger partial charge in [-0.3, -0.25) is 4.79 Å². The molecule has 6 nitrogen and oxygen atoms in total. The molecule has 0 aliphatic carbocycles. The van der Waals surface area contributed by atoms with E-state index in [1.165, 1.54) is 6.92 Å². The zero-order valence-electron chi connectivity index (χ0n) is 5.53. The molecule has 1 aliphatic heterocycles. The van der Waals surface area contributed by atoms with Crippen LogP contribution in [0.1, 0.15) is 6.92 Å². The van der Waals surface area contributed by atoms with Gasteiger partial charge in [-0.1, -0.05) is 0 Å². The molecule has 0 aromatic rings. The van der Waals surface area contributed by atoms with Gasteiger partial charge in [-0.2, -0.15) is 0 Å². The molecule has 0 aromatic carbocycles. The highest BCUT2D eigenvalue weighted by Crippen LogP contribution is 2.24. The first kappa shape index (κ1) is 7.86. The second-order valence-corrected chi connectivity index (χ2v) is 3.00. The third-order valence-corrected chi connectivity index (χ3v) is 1.74. The third-order valence-electron chi connectivity index (χ3n) is 1.03. The van der Waals surface area contributed by atoms with Crippen LogP contribution in [0.3, 0.4) is 0 Å². The van der Waals surface area contributed by atoms with Gasteiger partial charge < -0.3 is 14.1 Å². The normalized spacial score (nSPS) is 19.2. The Hall–Kier alpha value is -1.24. The van der Waals surface area contributed by atoms with Crippen molar-refractivity contribution in [3.8, 4) is 0 Å². The summed E-state index contributed by atoms with van der Waals surface area (Å²) in [4.78, 5) is 10.4. The van der Waals surface area contributed by atoms with Gasteiger partial charge in [0.1, 0.15) is 0 Å². The van der Waals surface area contributed by atoms with Gasteiger partial charge in [0.2, 0.25) is 0 Å². The summed E-state index contributed by atoms with van der Waals surface area (Å²) >= 11 is 0. The molecule has 1 aliphatic rings. The fraction of sp³-hybridized carbons (Fsp3) is 0.250. The van der Waals surface area contributed by atoms with Gasteiger partial charge >= 0.3 is 16.3 Å². The lowest BCUT2D eigenvalue weighted by Gasteiger charge is -2.18. The molecule has 1 amide bonds. The fourth-order valence-electron chi connectivity index (χ4n) is 0.417. The molecule has 7 heteroatoms. The van der Waals surface area contributed by atoms with Gasteiger partial charge in [0.05, 0.1) is 5.57 Å². The van der Waals surface area contributed by atoms with Crippen molar-refractivity contribution >= 4 is 16.3 Å². The van der Waals surface area contributed by atoms with Crippen molar-refractivity contribution in [2.24, 2.45) is 5.73 Å². The first-order valence-corrected chi connectivity index (χ1v) is 3.90. The van der Waals surface area contributed by atoms with Gasteiger partial charge in [0.15, 0.2) is 0 Å². The summed E-state index contributed by atoms with van der Waals surface area (Å²) in [7, 11) is -3.87. The third kappa shape index (κ3) is 1.43. The summed E-state index contributed by atoms with van der Waals surface area (Å²) in [6.45, 7) is 1.30. The molecular formula is C4H5NO5S. The Morgan fingerprint density at radius 1 is 1.45 bits per heavy atom. The van der Waals surface area contributed by atoms with Crippen molar-refractivity contribution in [3.05, 3.63) is 11.5 Å². The lowest BCUT2D eigenvalue weighted by molar-refractivity contribution is -0.115. The van der Waals surface area contributed by atoms with Crippen molar-refractivity contribution in [3.63, 3.8) is 0 Å². The van der Waals surface area contributed by atoms with Crippen LogP contribution in [0.15, 0.2) is 11.5 Å². The Balaban J connectivity index is 2.83. The molecule has 0 bridgehead atoms. The molecular weight excluding hydrogens is 174 g/mol. The summed E-state index contributed by atoms with van der Waals surface area (Å²) in [6.07, 6.45) is 0. The summed E-state index contributed by atoms with van der Waals surface area (Å²) in [6, 6.07) is 0. The van der Waals surface area contributed by atoms with Crippen molar-refractivity contribution < 1.29 is 21.6 Å². The van der Waals surface area contributed by atoms with E-state index in [2.05, 4.69) is 8.37 Å². The van der Waals surface area contributed by atoms with E-state index in [9.17, 15) is 13.2 Å². The first-order chi connectivity index (χ1) is 4.92. The number of hydrogen-bond donors (Lipinski definition) is 1. The van der Waals surface area contributed by atoms with Crippen LogP contribution in [-0.2, 0) is 23.6 Å². The summed E-state index contributed by atoms with van der Waals surface area (Å²) < 4.78 is 28.5. The van der Waals surface area contributed by atoms with Gasteiger partial charge in [-0.15, -0.1) is 8.42 Å². The van der Waals surface area contributed by atoms with E-state index in [0.29, 0.717) is 0 Å². The van der Waals surface area contributed by atoms with E-state index in [4.69, 9.17) is 5.73 Å². The van der Waals surface area contributed by atoms with Gasteiger partial charge in [0.25, 0.3) is 5.91 Å². The molecule has 1 heterocycles. The topological polar surface area (TPSA) is 95.7 Å². The van der Waals surface area contributed by atoms with Gasteiger partial charge in [-0.25, -0.2) is 0 Å². The van der Waals surface area contributed by atoms with E-state index < -0.39 is 16.3 Å². The molecule has 0 atom stereocenters. The van der Waals surface area contributed by atoms with Crippen LogP contribution in [0.5, 0.6) is 0 Å². The molecule has 0 aromatic heterocycles. The van der Waals surface area contributed by atoms with Crippen molar-refractivity contribution in [1.82, 2.24) is 0 Å². The number of rotatable bonds is 1. The van der Waals surface area contributed by atoms with E-state index in [-0.39, 0.29) is 11.5 Å². The molecule has 1 fully saturated rings. The Kier molecular flexibility index (Phi) is 1.52. The average molecular weight is 179 g/mol. The molecule has 1 rings (SSSR count). The minimum Gasteiger partial charge on any atom is -0.366 e. The second-order valence-electron chi connectivity index (χ2n) is 1.85. The SMILES string of the molecule is CC(C(N)=O)=C1OS(=O)(=O)O1. The zero-order chi connectivity index (χ0) is 8.65. The van der Waals surface area contributed by atoms with Crippen molar-refractivity contribution in [2.75, 3.05) is 0 Å². The van der Waals surface area contributed by atoms with Crippen molar-refractivity contribution in [2.45, 2.75) is 6.92 Å². The van der Waals surface area contributed by atoms with Crippen LogP contribution in [0.4, 0.5) is 0 Å². The van der Waals surface area contributed by atoms with Crippen LogP contribution >= 0.6 is 0 Å². The van der Waals surface area contributed by atoms with Gasteiger partial charge in [-0.05, 0) is 6.92 Å². The number of amides is 1. The predicted molar refractivity (Wildman–Crippen MR) is 33.0 cm³/mol. The smallest absolute Gasteiger partial charge is 0.366 e. The lowest BCUT2D eigenvalue weighted by Crippen LogP contribution is -2.27. The fourth-order valence-corrected chi connectivity index (χ4v) is 1.05. The predicted octanol–water partition coefficient (Wildman–Crippen LogP) is -1.01. The number of primary amides is 1. The molecule has 62 valence electrons. The molecule has 0 spiro atoms. The summed E-state index contributed by atoms with van der Waals surface area (Å²) in [5.74, 6) is -1.13. The molecule has 0 unspecified atom stereocenters. The Morgan fingerprint density at radius 2 is 1.91 bits per heavy atom.